The standard InChI is InChI=1S/C27H27N3O6/c1-16-8-12-20(13-9-16)28-24(31)18(3)35-26(33)22-6-5-7-23(30-22)27(34)36-19(4)25(32)29-21-14-10-17(2)11-15-21/h5-15,18-19H,1-4H3,(H,28,31)(H,29,32). The van der Waals surface area contributed by atoms with Crippen LogP contribution in [0.4, 0.5) is 11.4 Å². The molecule has 1 heterocycles. The van der Waals surface area contributed by atoms with E-state index in [-0.39, 0.29) is 11.4 Å². The largest absolute Gasteiger partial charge is 0.448 e. The molecular formula is C27H27N3O6. The van der Waals surface area contributed by atoms with Crippen LogP contribution >= 0.6 is 0 Å². The molecule has 0 spiro atoms. The summed E-state index contributed by atoms with van der Waals surface area (Å²) in [7, 11) is 0. The van der Waals surface area contributed by atoms with Crippen molar-refractivity contribution in [3.05, 3.63) is 89.2 Å². The van der Waals surface area contributed by atoms with Crippen LogP contribution in [0.25, 0.3) is 0 Å². The molecule has 0 saturated heterocycles. The second kappa shape index (κ2) is 11.7. The minimum atomic E-state index is -1.11. The lowest BCUT2D eigenvalue weighted by atomic mass is 10.2. The molecule has 0 saturated carbocycles. The number of ether oxygens (including phenoxy) is 2. The summed E-state index contributed by atoms with van der Waals surface area (Å²) in [6.45, 7) is 6.70. The van der Waals surface area contributed by atoms with E-state index in [1.54, 1.807) is 24.3 Å². The van der Waals surface area contributed by atoms with Crippen molar-refractivity contribution in [1.29, 1.82) is 0 Å². The first-order valence-electron chi connectivity index (χ1n) is 11.3. The van der Waals surface area contributed by atoms with Gasteiger partial charge in [0.2, 0.25) is 0 Å². The molecule has 1 aromatic heterocycles. The highest BCUT2D eigenvalue weighted by Crippen LogP contribution is 2.12. The average Bonchev–Trinajstić information content (AvgIpc) is 2.86. The number of nitrogens with one attached hydrogen (secondary N) is 2. The Labute approximate surface area is 208 Å². The molecule has 0 aliphatic rings. The Morgan fingerprint density at radius 1 is 0.639 bits per heavy atom. The lowest BCUT2D eigenvalue weighted by Gasteiger charge is -2.15. The smallest absolute Gasteiger partial charge is 0.357 e. The van der Waals surface area contributed by atoms with Crippen LogP contribution in [-0.4, -0.2) is 40.9 Å². The molecular weight excluding hydrogens is 462 g/mol. The second-order valence-electron chi connectivity index (χ2n) is 8.21. The van der Waals surface area contributed by atoms with Crippen LogP contribution < -0.4 is 10.6 Å². The van der Waals surface area contributed by atoms with Gasteiger partial charge in [-0.1, -0.05) is 41.5 Å². The molecule has 9 heteroatoms. The van der Waals surface area contributed by atoms with E-state index in [0.29, 0.717) is 11.4 Å². The highest BCUT2D eigenvalue weighted by atomic mass is 16.6. The monoisotopic (exact) mass is 489 g/mol. The average molecular weight is 490 g/mol. The highest BCUT2D eigenvalue weighted by Gasteiger charge is 2.23. The summed E-state index contributed by atoms with van der Waals surface area (Å²) in [5.74, 6) is -2.81. The van der Waals surface area contributed by atoms with Crippen molar-refractivity contribution in [3.63, 3.8) is 0 Å². The van der Waals surface area contributed by atoms with E-state index < -0.39 is 36.0 Å². The number of anilines is 2. The third-order valence-corrected chi connectivity index (χ3v) is 5.11. The Bertz CT molecular complexity index is 1160. The number of hydrogen-bond donors (Lipinski definition) is 2. The third-order valence-electron chi connectivity index (χ3n) is 5.11. The number of hydrogen-bond acceptors (Lipinski definition) is 7. The maximum Gasteiger partial charge on any atom is 0.357 e. The number of aryl methyl sites for hydroxylation is 2. The van der Waals surface area contributed by atoms with E-state index >= 15 is 0 Å². The maximum absolute atomic E-state index is 12.5. The van der Waals surface area contributed by atoms with Crippen LogP contribution in [-0.2, 0) is 19.1 Å². The van der Waals surface area contributed by atoms with Crippen molar-refractivity contribution in [3.8, 4) is 0 Å². The second-order valence-corrected chi connectivity index (χ2v) is 8.21. The van der Waals surface area contributed by atoms with Crippen LogP contribution in [0.5, 0.6) is 0 Å². The first kappa shape index (κ1) is 26.1. The third kappa shape index (κ3) is 7.23. The lowest BCUT2D eigenvalue weighted by molar-refractivity contribution is -0.124. The molecule has 3 aromatic rings. The maximum atomic E-state index is 12.5. The molecule has 2 N–H and O–H groups in total. The van der Waals surface area contributed by atoms with E-state index in [0.717, 1.165) is 11.1 Å². The van der Waals surface area contributed by atoms with E-state index in [1.165, 1.54) is 32.0 Å². The summed E-state index contributed by atoms with van der Waals surface area (Å²) in [6.07, 6.45) is -2.22. The fourth-order valence-corrected chi connectivity index (χ4v) is 2.97. The predicted octanol–water partition coefficient (Wildman–Crippen LogP) is 4.07. The number of nitrogens with zero attached hydrogens (tertiary/aromatic N) is 1. The van der Waals surface area contributed by atoms with Crippen LogP contribution in [0.1, 0.15) is 46.0 Å². The van der Waals surface area contributed by atoms with Gasteiger partial charge in [0.05, 0.1) is 0 Å². The van der Waals surface area contributed by atoms with Crippen molar-refractivity contribution < 1.29 is 28.7 Å². The van der Waals surface area contributed by atoms with Gasteiger partial charge in [-0.15, -0.1) is 0 Å². The number of pyridine rings is 1. The number of aromatic nitrogens is 1. The van der Waals surface area contributed by atoms with Crippen molar-refractivity contribution in [2.75, 3.05) is 10.6 Å². The van der Waals surface area contributed by atoms with Gasteiger partial charge in [-0.25, -0.2) is 14.6 Å². The molecule has 36 heavy (non-hydrogen) atoms. The molecule has 2 unspecified atom stereocenters. The Balaban J connectivity index is 1.57. The number of amides is 2. The van der Waals surface area contributed by atoms with E-state index in [4.69, 9.17) is 9.47 Å². The lowest BCUT2D eigenvalue weighted by Crippen LogP contribution is -2.31. The zero-order valence-corrected chi connectivity index (χ0v) is 20.4. The summed E-state index contributed by atoms with van der Waals surface area (Å²) in [5.41, 5.74) is 2.85. The highest BCUT2D eigenvalue weighted by molar-refractivity contribution is 5.98. The van der Waals surface area contributed by atoms with Gasteiger partial charge in [-0.3, -0.25) is 9.59 Å². The summed E-state index contributed by atoms with van der Waals surface area (Å²) in [5, 5.41) is 5.32. The van der Waals surface area contributed by atoms with Crippen LogP contribution in [0, 0.1) is 13.8 Å². The number of benzene rings is 2. The Kier molecular flexibility index (Phi) is 8.51. The van der Waals surface area contributed by atoms with Crippen molar-refractivity contribution in [2.24, 2.45) is 0 Å². The first-order valence-corrected chi connectivity index (χ1v) is 11.3. The molecule has 3 rings (SSSR count). The van der Waals surface area contributed by atoms with Crippen LogP contribution in [0.2, 0.25) is 0 Å². The first-order chi connectivity index (χ1) is 17.1. The molecule has 2 atom stereocenters. The Morgan fingerprint density at radius 2 is 1.00 bits per heavy atom. The molecule has 0 aliphatic heterocycles. The quantitative estimate of drug-likeness (QED) is 0.457. The minimum absolute atomic E-state index is 0.184. The van der Waals surface area contributed by atoms with Crippen molar-refractivity contribution in [2.45, 2.75) is 39.9 Å². The van der Waals surface area contributed by atoms with Crippen LogP contribution in [0.15, 0.2) is 66.7 Å². The van der Waals surface area contributed by atoms with Gasteiger partial charge in [0.1, 0.15) is 11.4 Å². The van der Waals surface area contributed by atoms with Crippen molar-refractivity contribution >= 4 is 35.1 Å². The zero-order valence-electron chi connectivity index (χ0n) is 20.4. The number of carbonyl (C=O) groups excluding carboxylic acids is 4. The SMILES string of the molecule is Cc1ccc(NC(=O)C(C)OC(=O)c2cccc(C(=O)OC(C)C(=O)Nc3ccc(C)cc3)n2)cc1. The van der Waals surface area contributed by atoms with Crippen molar-refractivity contribution in [1.82, 2.24) is 4.98 Å². The Morgan fingerprint density at radius 3 is 1.36 bits per heavy atom. The zero-order chi connectivity index (χ0) is 26.2. The molecule has 0 radical (unpaired) electrons. The summed E-state index contributed by atoms with van der Waals surface area (Å²) >= 11 is 0. The van der Waals surface area contributed by atoms with Gasteiger partial charge < -0.3 is 20.1 Å². The molecule has 9 nitrogen and oxygen atoms in total. The fourth-order valence-electron chi connectivity index (χ4n) is 2.97. The normalized spacial score (nSPS) is 12.1. The molecule has 186 valence electrons. The van der Waals surface area contributed by atoms with Gasteiger partial charge in [-0.05, 0) is 64.1 Å². The summed E-state index contributed by atoms with van der Waals surface area (Å²) < 4.78 is 10.4. The molecule has 0 aliphatic carbocycles. The topological polar surface area (TPSA) is 124 Å². The van der Waals surface area contributed by atoms with Gasteiger partial charge in [0.15, 0.2) is 12.2 Å². The number of carbonyl (C=O) groups is 4. The molecule has 2 amide bonds. The molecule has 0 fully saturated rings. The van der Waals surface area contributed by atoms with Gasteiger partial charge >= 0.3 is 11.9 Å². The minimum Gasteiger partial charge on any atom is -0.448 e. The van der Waals surface area contributed by atoms with Gasteiger partial charge in [-0.2, -0.15) is 0 Å². The molecule has 0 bridgehead atoms. The van der Waals surface area contributed by atoms with Gasteiger partial charge in [0.25, 0.3) is 11.8 Å². The van der Waals surface area contributed by atoms with E-state index in [2.05, 4.69) is 15.6 Å². The summed E-state index contributed by atoms with van der Waals surface area (Å²) in [4.78, 5) is 53.7. The Hall–Kier alpha value is -4.53. The summed E-state index contributed by atoms with van der Waals surface area (Å²) in [6, 6.07) is 18.4. The van der Waals surface area contributed by atoms with E-state index in [1.807, 2.05) is 38.1 Å². The number of esters is 2. The predicted molar refractivity (Wildman–Crippen MR) is 134 cm³/mol. The van der Waals surface area contributed by atoms with Crippen LogP contribution in [0.3, 0.4) is 0 Å². The fraction of sp³-hybridized carbons (Fsp3) is 0.222. The van der Waals surface area contributed by atoms with Gasteiger partial charge in [0, 0.05) is 11.4 Å². The van der Waals surface area contributed by atoms with E-state index in [9.17, 15) is 19.2 Å². The number of rotatable bonds is 8. The molecule has 2 aromatic carbocycles.